The van der Waals surface area contributed by atoms with E-state index in [-0.39, 0.29) is 5.78 Å². The topological polar surface area (TPSA) is 63.6 Å². The number of carboxylic acids is 1. The van der Waals surface area contributed by atoms with E-state index < -0.39 is 11.6 Å². The summed E-state index contributed by atoms with van der Waals surface area (Å²) in [5, 5.41) is 10.9. The maximum absolute atomic E-state index is 12.2. The lowest BCUT2D eigenvalue weighted by molar-refractivity contribution is -0.152. The van der Waals surface area contributed by atoms with Gasteiger partial charge in [-0.25, -0.2) is 4.79 Å². The Kier molecular flexibility index (Phi) is 3.90. The summed E-state index contributed by atoms with van der Waals surface area (Å²) in [6.07, 6.45) is 0. The van der Waals surface area contributed by atoms with Gasteiger partial charge in [0.2, 0.25) is 5.78 Å². The van der Waals surface area contributed by atoms with Gasteiger partial charge in [-0.2, -0.15) is 0 Å². The van der Waals surface area contributed by atoms with Crippen LogP contribution in [0.15, 0.2) is 41.8 Å². The zero-order valence-corrected chi connectivity index (χ0v) is 11.9. The maximum atomic E-state index is 12.2. The highest BCUT2D eigenvalue weighted by atomic mass is 32.1. The molecule has 0 saturated carbocycles. The molecule has 0 atom stereocenters. The molecule has 0 aliphatic rings. The number of thiophene rings is 1. The predicted molar refractivity (Wildman–Crippen MR) is 76.5 cm³/mol. The Morgan fingerprint density at radius 1 is 1.20 bits per heavy atom. The Morgan fingerprint density at radius 2 is 1.95 bits per heavy atom. The average molecular weight is 290 g/mol. The molecule has 0 aliphatic heterocycles. The Labute approximate surface area is 120 Å². The van der Waals surface area contributed by atoms with Gasteiger partial charge in [-0.3, -0.25) is 4.79 Å². The second kappa shape index (κ2) is 5.46. The van der Waals surface area contributed by atoms with Crippen LogP contribution in [0.25, 0.3) is 0 Å². The number of benzene rings is 1. The summed E-state index contributed by atoms with van der Waals surface area (Å²) in [5.41, 5.74) is -0.865. The number of ether oxygens (including phenoxy) is 1. The minimum atomic E-state index is -1.34. The average Bonchev–Trinajstić information content (AvgIpc) is 2.91. The van der Waals surface area contributed by atoms with Gasteiger partial charge in [-0.05, 0) is 37.4 Å². The van der Waals surface area contributed by atoms with E-state index in [1.807, 2.05) is 11.4 Å². The van der Waals surface area contributed by atoms with Gasteiger partial charge in [0.1, 0.15) is 5.75 Å². The van der Waals surface area contributed by atoms with Crippen molar-refractivity contribution in [3.05, 3.63) is 52.2 Å². The molecule has 20 heavy (non-hydrogen) atoms. The zero-order chi connectivity index (χ0) is 14.8. The third kappa shape index (κ3) is 3.05. The van der Waals surface area contributed by atoms with Gasteiger partial charge in [0.15, 0.2) is 5.60 Å². The van der Waals surface area contributed by atoms with Crippen molar-refractivity contribution in [2.45, 2.75) is 19.4 Å². The molecule has 0 bridgehead atoms. The third-order valence-corrected chi connectivity index (χ3v) is 3.60. The molecule has 0 aliphatic carbocycles. The SMILES string of the molecule is CC(C)(Oc1cccc(C(=O)c2cccs2)c1)C(=O)O. The van der Waals surface area contributed by atoms with Gasteiger partial charge in [0.25, 0.3) is 0 Å². The molecule has 1 aromatic heterocycles. The lowest BCUT2D eigenvalue weighted by Gasteiger charge is -2.21. The molecule has 5 heteroatoms. The van der Waals surface area contributed by atoms with Crippen LogP contribution in [0, 0.1) is 0 Å². The molecule has 0 amide bonds. The fourth-order valence-corrected chi connectivity index (χ4v) is 2.27. The number of carbonyl (C=O) groups is 2. The normalized spacial score (nSPS) is 11.1. The largest absolute Gasteiger partial charge is 0.478 e. The molecule has 1 N–H and O–H groups in total. The number of aliphatic carboxylic acids is 1. The Hall–Kier alpha value is -2.14. The summed E-state index contributed by atoms with van der Waals surface area (Å²) < 4.78 is 5.42. The molecule has 0 fully saturated rings. The lowest BCUT2D eigenvalue weighted by atomic mass is 10.1. The number of carboxylic acid groups (broad SMARTS) is 1. The van der Waals surface area contributed by atoms with E-state index in [0.717, 1.165) is 0 Å². The second-order valence-corrected chi connectivity index (χ2v) is 5.70. The molecule has 2 aromatic rings. The van der Waals surface area contributed by atoms with Crippen molar-refractivity contribution >= 4 is 23.1 Å². The van der Waals surface area contributed by atoms with Gasteiger partial charge in [-0.1, -0.05) is 18.2 Å². The summed E-state index contributed by atoms with van der Waals surface area (Å²) >= 11 is 1.37. The van der Waals surface area contributed by atoms with Gasteiger partial charge < -0.3 is 9.84 Å². The van der Waals surface area contributed by atoms with Gasteiger partial charge in [0.05, 0.1) is 4.88 Å². The zero-order valence-electron chi connectivity index (χ0n) is 11.1. The highest BCUT2D eigenvalue weighted by molar-refractivity contribution is 7.12. The minimum absolute atomic E-state index is 0.0985. The van der Waals surface area contributed by atoms with Crippen molar-refractivity contribution in [2.75, 3.05) is 0 Å². The molecule has 2 rings (SSSR count). The number of hydrogen-bond acceptors (Lipinski definition) is 4. The van der Waals surface area contributed by atoms with Gasteiger partial charge in [0, 0.05) is 5.56 Å². The molecule has 0 spiro atoms. The van der Waals surface area contributed by atoms with Crippen LogP contribution in [-0.2, 0) is 4.79 Å². The fourth-order valence-electron chi connectivity index (χ4n) is 1.59. The first-order valence-electron chi connectivity index (χ1n) is 6.01. The molecular weight excluding hydrogens is 276 g/mol. The van der Waals surface area contributed by atoms with Crippen LogP contribution in [0.3, 0.4) is 0 Å². The minimum Gasteiger partial charge on any atom is -0.478 e. The molecule has 104 valence electrons. The first-order valence-corrected chi connectivity index (χ1v) is 6.89. The third-order valence-electron chi connectivity index (χ3n) is 2.73. The quantitative estimate of drug-likeness (QED) is 0.859. The highest BCUT2D eigenvalue weighted by Crippen LogP contribution is 2.22. The van der Waals surface area contributed by atoms with Crippen LogP contribution in [0.1, 0.15) is 29.1 Å². The van der Waals surface area contributed by atoms with E-state index in [1.165, 1.54) is 25.2 Å². The van der Waals surface area contributed by atoms with Crippen molar-refractivity contribution in [1.82, 2.24) is 0 Å². The van der Waals surface area contributed by atoms with Crippen LogP contribution < -0.4 is 4.74 Å². The summed E-state index contributed by atoms with van der Waals surface area (Å²) in [6.45, 7) is 2.92. The lowest BCUT2D eigenvalue weighted by Crippen LogP contribution is -2.37. The number of hydrogen-bond donors (Lipinski definition) is 1. The van der Waals surface area contributed by atoms with E-state index in [2.05, 4.69) is 0 Å². The van der Waals surface area contributed by atoms with E-state index >= 15 is 0 Å². The molecule has 4 nitrogen and oxygen atoms in total. The van der Waals surface area contributed by atoms with E-state index in [9.17, 15) is 9.59 Å². The van der Waals surface area contributed by atoms with Crippen molar-refractivity contribution < 1.29 is 19.4 Å². The van der Waals surface area contributed by atoms with Crippen molar-refractivity contribution in [3.63, 3.8) is 0 Å². The molecule has 1 aromatic carbocycles. The van der Waals surface area contributed by atoms with Crippen LogP contribution in [0.2, 0.25) is 0 Å². The molecule has 0 saturated heterocycles. The second-order valence-electron chi connectivity index (χ2n) is 4.75. The van der Waals surface area contributed by atoms with Gasteiger partial charge >= 0.3 is 5.97 Å². The monoisotopic (exact) mass is 290 g/mol. The Morgan fingerprint density at radius 3 is 2.55 bits per heavy atom. The molecular formula is C15H14O4S. The first kappa shape index (κ1) is 14.3. The van der Waals surface area contributed by atoms with E-state index in [1.54, 1.807) is 30.3 Å². The Balaban J connectivity index is 2.25. The van der Waals surface area contributed by atoms with Crippen molar-refractivity contribution in [1.29, 1.82) is 0 Å². The van der Waals surface area contributed by atoms with Crippen LogP contribution in [-0.4, -0.2) is 22.5 Å². The molecule has 1 heterocycles. The van der Waals surface area contributed by atoms with Crippen molar-refractivity contribution in [3.8, 4) is 5.75 Å². The molecule has 0 unspecified atom stereocenters. The van der Waals surface area contributed by atoms with Crippen molar-refractivity contribution in [2.24, 2.45) is 0 Å². The number of carbonyl (C=O) groups excluding carboxylic acids is 1. The summed E-state index contributed by atoms with van der Waals surface area (Å²) in [6, 6.07) is 10.1. The highest BCUT2D eigenvalue weighted by Gasteiger charge is 2.29. The number of ketones is 1. The van der Waals surface area contributed by atoms with E-state index in [0.29, 0.717) is 16.2 Å². The van der Waals surface area contributed by atoms with E-state index in [4.69, 9.17) is 9.84 Å². The Bertz CT molecular complexity index is 629. The summed E-state index contributed by atoms with van der Waals surface area (Å²) in [4.78, 5) is 23.9. The van der Waals surface area contributed by atoms with Crippen LogP contribution in [0.4, 0.5) is 0 Å². The van der Waals surface area contributed by atoms with Crippen LogP contribution >= 0.6 is 11.3 Å². The van der Waals surface area contributed by atoms with Crippen LogP contribution in [0.5, 0.6) is 5.75 Å². The van der Waals surface area contributed by atoms with Gasteiger partial charge in [-0.15, -0.1) is 11.3 Å². The fraction of sp³-hybridized carbons (Fsp3) is 0.200. The number of rotatable bonds is 5. The molecule has 0 radical (unpaired) electrons. The smallest absolute Gasteiger partial charge is 0.347 e. The predicted octanol–water partition coefficient (Wildman–Crippen LogP) is 3.22. The standard InChI is InChI=1S/C15H14O4S/c1-15(2,14(17)18)19-11-6-3-5-10(9-11)13(16)12-7-4-8-20-12/h3-9H,1-2H3,(H,17,18). The maximum Gasteiger partial charge on any atom is 0.347 e. The first-order chi connectivity index (χ1) is 9.40. The summed E-state index contributed by atoms with van der Waals surface area (Å²) in [7, 11) is 0. The summed E-state index contributed by atoms with van der Waals surface area (Å²) in [5.74, 6) is -0.800.